The van der Waals surface area contributed by atoms with Gasteiger partial charge in [0.15, 0.2) is 0 Å². The number of nitrogens with one attached hydrogen (secondary N) is 1. The van der Waals surface area contributed by atoms with E-state index in [4.69, 9.17) is 5.73 Å². The lowest BCUT2D eigenvalue weighted by Gasteiger charge is -2.23. The van der Waals surface area contributed by atoms with E-state index in [9.17, 15) is 0 Å². The molecule has 0 spiro atoms. The molecule has 2 rings (SSSR count). The highest BCUT2D eigenvalue weighted by Gasteiger charge is 2.14. The maximum atomic E-state index is 5.81. The van der Waals surface area contributed by atoms with Crippen molar-refractivity contribution in [3.63, 3.8) is 0 Å². The number of aryl methyl sites for hydroxylation is 1. The molecule has 2 unspecified atom stereocenters. The molecule has 0 bridgehead atoms. The molecular weight excluding hydrogens is 208 g/mol. The minimum absolute atomic E-state index is 0.301. The van der Waals surface area contributed by atoms with Crippen LogP contribution in [0, 0.1) is 0 Å². The summed E-state index contributed by atoms with van der Waals surface area (Å²) in [5.41, 5.74) is 8.75. The van der Waals surface area contributed by atoms with Gasteiger partial charge in [0, 0.05) is 12.6 Å². The second-order valence-corrected chi connectivity index (χ2v) is 5.30. The normalized spacial score (nSPS) is 22.4. The molecule has 3 N–H and O–H groups in total. The number of piperidine rings is 1. The van der Waals surface area contributed by atoms with E-state index in [1.807, 2.05) is 0 Å². The van der Waals surface area contributed by atoms with Crippen molar-refractivity contribution in [2.45, 2.75) is 44.6 Å². The van der Waals surface area contributed by atoms with Gasteiger partial charge in [-0.05, 0) is 56.2 Å². The van der Waals surface area contributed by atoms with Crippen molar-refractivity contribution >= 4 is 0 Å². The highest BCUT2D eigenvalue weighted by atomic mass is 14.9. The summed E-state index contributed by atoms with van der Waals surface area (Å²) in [5, 5.41) is 3.48. The van der Waals surface area contributed by atoms with E-state index in [1.54, 1.807) is 0 Å². The standard InChI is InChI=1S/C15H24N2/c1-12(16)7-8-13-4-2-5-14(10-13)15-6-3-9-17-11-15/h2,4-5,10,12,15,17H,3,6-9,11,16H2,1H3. The van der Waals surface area contributed by atoms with E-state index in [2.05, 4.69) is 36.5 Å². The van der Waals surface area contributed by atoms with Crippen LogP contribution in [0.4, 0.5) is 0 Å². The minimum Gasteiger partial charge on any atom is -0.328 e. The first-order valence-electron chi connectivity index (χ1n) is 6.81. The van der Waals surface area contributed by atoms with E-state index >= 15 is 0 Å². The van der Waals surface area contributed by atoms with Gasteiger partial charge < -0.3 is 11.1 Å². The molecule has 17 heavy (non-hydrogen) atoms. The number of hydrogen-bond acceptors (Lipinski definition) is 2. The molecule has 2 nitrogen and oxygen atoms in total. The summed E-state index contributed by atoms with van der Waals surface area (Å²) in [6, 6.07) is 9.37. The Morgan fingerprint density at radius 3 is 3.06 bits per heavy atom. The van der Waals surface area contributed by atoms with Gasteiger partial charge in [0.1, 0.15) is 0 Å². The van der Waals surface area contributed by atoms with Gasteiger partial charge in [-0.15, -0.1) is 0 Å². The van der Waals surface area contributed by atoms with E-state index in [0.29, 0.717) is 12.0 Å². The van der Waals surface area contributed by atoms with Gasteiger partial charge in [0.2, 0.25) is 0 Å². The molecule has 1 saturated heterocycles. The fourth-order valence-electron chi connectivity index (χ4n) is 2.53. The average Bonchev–Trinajstić information content (AvgIpc) is 2.38. The Morgan fingerprint density at radius 1 is 1.47 bits per heavy atom. The molecule has 1 fully saturated rings. The molecule has 1 aromatic carbocycles. The largest absolute Gasteiger partial charge is 0.328 e. The van der Waals surface area contributed by atoms with Crippen molar-refractivity contribution in [3.8, 4) is 0 Å². The molecule has 1 aliphatic rings. The average molecular weight is 232 g/mol. The van der Waals surface area contributed by atoms with Gasteiger partial charge in [-0.1, -0.05) is 24.3 Å². The Bertz CT molecular complexity index is 341. The fraction of sp³-hybridized carbons (Fsp3) is 0.600. The summed E-state index contributed by atoms with van der Waals surface area (Å²) in [5.74, 6) is 0.707. The lowest BCUT2D eigenvalue weighted by atomic mass is 9.90. The minimum atomic E-state index is 0.301. The number of hydrogen-bond donors (Lipinski definition) is 2. The highest BCUT2D eigenvalue weighted by Crippen LogP contribution is 2.24. The topological polar surface area (TPSA) is 38.0 Å². The van der Waals surface area contributed by atoms with Crippen molar-refractivity contribution < 1.29 is 0 Å². The van der Waals surface area contributed by atoms with E-state index in [0.717, 1.165) is 19.4 Å². The third kappa shape index (κ3) is 3.83. The van der Waals surface area contributed by atoms with Gasteiger partial charge in [-0.25, -0.2) is 0 Å². The highest BCUT2D eigenvalue weighted by molar-refractivity contribution is 5.27. The van der Waals surface area contributed by atoms with E-state index < -0.39 is 0 Å². The molecule has 1 aliphatic heterocycles. The molecule has 0 aromatic heterocycles. The summed E-state index contributed by atoms with van der Waals surface area (Å²) < 4.78 is 0. The number of nitrogens with two attached hydrogens (primary N) is 1. The van der Waals surface area contributed by atoms with Crippen molar-refractivity contribution in [1.29, 1.82) is 0 Å². The zero-order valence-corrected chi connectivity index (χ0v) is 10.8. The molecule has 0 saturated carbocycles. The predicted molar refractivity (Wildman–Crippen MR) is 73.3 cm³/mol. The molecule has 0 amide bonds. The van der Waals surface area contributed by atoms with Crippen molar-refractivity contribution in [2.24, 2.45) is 5.73 Å². The first-order chi connectivity index (χ1) is 8.25. The van der Waals surface area contributed by atoms with Crippen LogP contribution in [0.15, 0.2) is 24.3 Å². The monoisotopic (exact) mass is 232 g/mol. The van der Waals surface area contributed by atoms with Gasteiger partial charge in [-0.2, -0.15) is 0 Å². The summed E-state index contributed by atoms with van der Waals surface area (Å²) >= 11 is 0. The predicted octanol–water partition coefficient (Wildman–Crippen LogP) is 2.43. The van der Waals surface area contributed by atoms with Crippen LogP contribution in [0.25, 0.3) is 0 Å². The van der Waals surface area contributed by atoms with Crippen LogP contribution < -0.4 is 11.1 Å². The maximum Gasteiger partial charge on any atom is 0.00201 e. The van der Waals surface area contributed by atoms with E-state index in [1.165, 1.54) is 30.5 Å². The van der Waals surface area contributed by atoms with Gasteiger partial charge >= 0.3 is 0 Å². The SMILES string of the molecule is CC(N)CCc1cccc(C2CCCNC2)c1. The zero-order valence-electron chi connectivity index (χ0n) is 10.8. The molecule has 1 aromatic rings. The van der Waals surface area contributed by atoms with Crippen LogP contribution in [-0.2, 0) is 6.42 Å². The Hall–Kier alpha value is -0.860. The molecule has 0 radical (unpaired) electrons. The van der Waals surface area contributed by atoms with Crippen LogP contribution >= 0.6 is 0 Å². The molecule has 2 atom stereocenters. The smallest absolute Gasteiger partial charge is 0.00201 e. The lowest BCUT2D eigenvalue weighted by molar-refractivity contribution is 0.461. The number of benzene rings is 1. The molecule has 0 aliphatic carbocycles. The molecule has 94 valence electrons. The van der Waals surface area contributed by atoms with Crippen molar-refractivity contribution in [2.75, 3.05) is 13.1 Å². The number of rotatable bonds is 4. The van der Waals surface area contributed by atoms with E-state index in [-0.39, 0.29) is 0 Å². The second-order valence-electron chi connectivity index (χ2n) is 5.30. The lowest BCUT2D eigenvalue weighted by Crippen LogP contribution is -2.28. The summed E-state index contributed by atoms with van der Waals surface area (Å²) in [6.45, 7) is 4.40. The van der Waals surface area contributed by atoms with Gasteiger partial charge in [0.05, 0.1) is 0 Å². The molecular formula is C15H24N2. The van der Waals surface area contributed by atoms with Crippen LogP contribution in [-0.4, -0.2) is 19.1 Å². The fourth-order valence-corrected chi connectivity index (χ4v) is 2.53. The second kappa shape index (κ2) is 6.18. The molecule has 2 heteroatoms. The van der Waals surface area contributed by atoms with Crippen LogP contribution in [0.5, 0.6) is 0 Å². The zero-order chi connectivity index (χ0) is 12.1. The summed E-state index contributed by atoms with van der Waals surface area (Å²) in [4.78, 5) is 0. The Balaban J connectivity index is 2.00. The first-order valence-corrected chi connectivity index (χ1v) is 6.81. The van der Waals surface area contributed by atoms with Crippen LogP contribution in [0.3, 0.4) is 0 Å². The van der Waals surface area contributed by atoms with Crippen LogP contribution in [0.2, 0.25) is 0 Å². The Morgan fingerprint density at radius 2 is 2.35 bits per heavy atom. The van der Waals surface area contributed by atoms with Gasteiger partial charge in [0.25, 0.3) is 0 Å². The Labute approximate surface area is 105 Å². The van der Waals surface area contributed by atoms with Crippen molar-refractivity contribution in [3.05, 3.63) is 35.4 Å². The quantitative estimate of drug-likeness (QED) is 0.836. The van der Waals surface area contributed by atoms with Gasteiger partial charge in [-0.3, -0.25) is 0 Å². The third-order valence-corrected chi connectivity index (χ3v) is 3.61. The van der Waals surface area contributed by atoms with Crippen molar-refractivity contribution in [1.82, 2.24) is 5.32 Å². The first kappa shape index (κ1) is 12.6. The molecule has 1 heterocycles. The third-order valence-electron chi connectivity index (χ3n) is 3.61. The van der Waals surface area contributed by atoms with Crippen LogP contribution in [0.1, 0.15) is 43.2 Å². The Kier molecular flexibility index (Phi) is 4.57. The maximum absolute atomic E-state index is 5.81. The summed E-state index contributed by atoms with van der Waals surface area (Å²) in [6.07, 6.45) is 4.80. The summed E-state index contributed by atoms with van der Waals surface area (Å²) in [7, 11) is 0.